The number of aryl methyl sites for hydroxylation is 1. The smallest absolute Gasteiger partial charge is 0.191 e. The summed E-state index contributed by atoms with van der Waals surface area (Å²) in [4.78, 5) is 0. The molecule has 1 aliphatic rings. The van der Waals surface area contributed by atoms with E-state index in [9.17, 15) is 0 Å². The van der Waals surface area contributed by atoms with Gasteiger partial charge in [0.25, 0.3) is 0 Å². The molecule has 3 aromatic rings. The highest BCUT2D eigenvalue weighted by Gasteiger charge is 2.22. The second-order valence-electron chi connectivity index (χ2n) is 6.68. The number of rotatable bonds is 6. The molecule has 3 heterocycles. The van der Waals surface area contributed by atoms with Crippen LogP contribution in [0.25, 0.3) is 11.4 Å². The van der Waals surface area contributed by atoms with Gasteiger partial charge < -0.3 is 18.5 Å². The first kappa shape index (κ1) is 18.0. The van der Waals surface area contributed by atoms with Crippen LogP contribution < -0.4 is 9.47 Å². The van der Waals surface area contributed by atoms with E-state index in [1.54, 1.807) is 18.0 Å². The van der Waals surface area contributed by atoms with E-state index in [1.165, 1.54) is 5.56 Å². The second kappa shape index (κ2) is 7.31. The molecule has 0 radical (unpaired) electrons. The molecule has 0 aliphatic carbocycles. The van der Waals surface area contributed by atoms with Crippen molar-refractivity contribution in [1.82, 2.24) is 14.8 Å². The number of furan rings is 1. The minimum absolute atomic E-state index is 0.219. The van der Waals surface area contributed by atoms with Gasteiger partial charge in [0, 0.05) is 30.3 Å². The lowest BCUT2D eigenvalue weighted by Gasteiger charge is -2.12. The van der Waals surface area contributed by atoms with Crippen LogP contribution in [0.15, 0.2) is 34.0 Å². The zero-order chi connectivity index (χ0) is 19.0. The first-order chi connectivity index (χ1) is 13.1. The SMILES string of the molecule is CCOc1cc2c(cc1CSc1nnc(-c3ccoc3C)n1C)O[C@H](C)C2. The number of fused-ring (bicyclic) bond motifs is 1. The lowest BCUT2D eigenvalue weighted by molar-refractivity contribution is 0.254. The summed E-state index contributed by atoms with van der Waals surface area (Å²) in [6, 6.07) is 6.14. The van der Waals surface area contributed by atoms with Crippen molar-refractivity contribution in [3.63, 3.8) is 0 Å². The van der Waals surface area contributed by atoms with Crippen LogP contribution in [-0.2, 0) is 19.2 Å². The lowest BCUT2D eigenvalue weighted by atomic mass is 10.1. The topological polar surface area (TPSA) is 62.3 Å². The van der Waals surface area contributed by atoms with Gasteiger partial charge in [-0.2, -0.15) is 0 Å². The van der Waals surface area contributed by atoms with Gasteiger partial charge in [-0.3, -0.25) is 0 Å². The number of benzene rings is 1. The number of thioether (sulfide) groups is 1. The molecule has 0 amide bonds. The summed E-state index contributed by atoms with van der Waals surface area (Å²) < 4.78 is 19.2. The first-order valence-electron chi connectivity index (χ1n) is 9.08. The molecule has 0 N–H and O–H groups in total. The second-order valence-corrected chi connectivity index (χ2v) is 7.62. The summed E-state index contributed by atoms with van der Waals surface area (Å²) >= 11 is 1.63. The third-order valence-electron chi connectivity index (χ3n) is 4.67. The van der Waals surface area contributed by atoms with Gasteiger partial charge in [-0.05, 0) is 39.0 Å². The molecule has 0 bridgehead atoms. The van der Waals surface area contributed by atoms with Crippen LogP contribution in [0.4, 0.5) is 0 Å². The average Bonchev–Trinajstić information content (AvgIpc) is 3.31. The normalized spacial score (nSPS) is 15.6. The van der Waals surface area contributed by atoms with Gasteiger partial charge >= 0.3 is 0 Å². The number of hydrogen-bond acceptors (Lipinski definition) is 6. The first-order valence-corrected chi connectivity index (χ1v) is 10.1. The van der Waals surface area contributed by atoms with Crippen molar-refractivity contribution >= 4 is 11.8 Å². The van der Waals surface area contributed by atoms with E-state index in [1.807, 2.05) is 31.5 Å². The Kier molecular flexibility index (Phi) is 4.86. The van der Waals surface area contributed by atoms with Gasteiger partial charge in [-0.15, -0.1) is 10.2 Å². The van der Waals surface area contributed by atoms with Crippen molar-refractivity contribution in [1.29, 1.82) is 0 Å². The van der Waals surface area contributed by atoms with Gasteiger partial charge in [-0.25, -0.2) is 0 Å². The number of aromatic nitrogens is 3. The van der Waals surface area contributed by atoms with Crippen molar-refractivity contribution in [2.24, 2.45) is 7.05 Å². The maximum Gasteiger partial charge on any atom is 0.191 e. The van der Waals surface area contributed by atoms with Crippen molar-refractivity contribution in [3.8, 4) is 22.9 Å². The molecule has 0 saturated carbocycles. The fourth-order valence-electron chi connectivity index (χ4n) is 3.32. The standard InChI is InChI=1S/C20H23N3O3S/c1-5-24-17-9-14-8-12(2)26-18(14)10-15(17)11-27-20-22-21-19(23(20)4)16-6-7-25-13(16)3/h6-7,9-10,12H,5,8,11H2,1-4H3/t12-/m1/s1. The fourth-order valence-corrected chi connectivity index (χ4v) is 4.21. The van der Waals surface area contributed by atoms with Crippen LogP contribution in [-0.4, -0.2) is 27.5 Å². The van der Waals surface area contributed by atoms with Gasteiger partial charge in [0.1, 0.15) is 23.4 Å². The molecule has 7 heteroatoms. The van der Waals surface area contributed by atoms with Gasteiger partial charge in [0.15, 0.2) is 11.0 Å². The summed E-state index contributed by atoms with van der Waals surface area (Å²) in [6.45, 7) is 6.66. The number of nitrogens with zero attached hydrogens (tertiary/aromatic N) is 3. The Morgan fingerprint density at radius 3 is 2.93 bits per heavy atom. The molecule has 2 aromatic heterocycles. The van der Waals surface area contributed by atoms with Gasteiger partial charge in [0.2, 0.25) is 0 Å². The molecule has 1 atom stereocenters. The summed E-state index contributed by atoms with van der Waals surface area (Å²) in [5, 5.41) is 9.53. The zero-order valence-electron chi connectivity index (χ0n) is 16.0. The number of ether oxygens (including phenoxy) is 2. The third-order valence-corrected chi connectivity index (χ3v) is 5.74. The van der Waals surface area contributed by atoms with Crippen LogP contribution in [0.5, 0.6) is 11.5 Å². The fraction of sp³-hybridized carbons (Fsp3) is 0.400. The Morgan fingerprint density at radius 2 is 2.19 bits per heavy atom. The average molecular weight is 385 g/mol. The number of hydrogen-bond donors (Lipinski definition) is 0. The highest BCUT2D eigenvalue weighted by atomic mass is 32.2. The lowest BCUT2D eigenvalue weighted by Crippen LogP contribution is -2.05. The van der Waals surface area contributed by atoms with Crippen LogP contribution in [0.3, 0.4) is 0 Å². The molecule has 1 aliphatic heterocycles. The molecule has 0 spiro atoms. The molecule has 0 saturated heterocycles. The Hall–Kier alpha value is -2.41. The van der Waals surface area contributed by atoms with E-state index in [0.29, 0.717) is 6.61 Å². The quantitative estimate of drug-likeness (QED) is 0.586. The van der Waals surface area contributed by atoms with E-state index < -0.39 is 0 Å². The van der Waals surface area contributed by atoms with Crippen LogP contribution >= 0.6 is 11.8 Å². The predicted octanol–water partition coefficient (Wildman–Crippen LogP) is 4.40. The van der Waals surface area contributed by atoms with E-state index in [-0.39, 0.29) is 6.10 Å². The predicted molar refractivity (Wildman–Crippen MR) is 104 cm³/mol. The van der Waals surface area contributed by atoms with Crippen LogP contribution in [0.2, 0.25) is 0 Å². The van der Waals surface area contributed by atoms with Crippen LogP contribution in [0, 0.1) is 6.92 Å². The van der Waals surface area contributed by atoms with Crippen molar-refractivity contribution in [3.05, 3.63) is 41.3 Å². The van der Waals surface area contributed by atoms with E-state index in [2.05, 4.69) is 29.3 Å². The minimum Gasteiger partial charge on any atom is -0.494 e. The third kappa shape index (κ3) is 3.43. The Morgan fingerprint density at radius 1 is 1.33 bits per heavy atom. The largest absolute Gasteiger partial charge is 0.494 e. The Labute approximate surface area is 162 Å². The van der Waals surface area contributed by atoms with Gasteiger partial charge in [-0.1, -0.05) is 11.8 Å². The summed E-state index contributed by atoms with van der Waals surface area (Å²) in [7, 11) is 1.97. The van der Waals surface area contributed by atoms with E-state index >= 15 is 0 Å². The molecule has 142 valence electrons. The molecule has 27 heavy (non-hydrogen) atoms. The van der Waals surface area contributed by atoms with Crippen molar-refractivity contribution < 1.29 is 13.9 Å². The van der Waals surface area contributed by atoms with Crippen LogP contribution in [0.1, 0.15) is 30.7 Å². The summed E-state index contributed by atoms with van der Waals surface area (Å²) in [5.41, 5.74) is 3.29. The molecular weight excluding hydrogens is 362 g/mol. The van der Waals surface area contributed by atoms with Crippen molar-refractivity contribution in [2.75, 3.05) is 6.61 Å². The molecule has 6 nitrogen and oxygen atoms in total. The highest BCUT2D eigenvalue weighted by Crippen LogP contribution is 2.37. The molecule has 4 rings (SSSR count). The van der Waals surface area contributed by atoms with E-state index in [4.69, 9.17) is 13.9 Å². The van der Waals surface area contributed by atoms with Crippen molar-refractivity contribution in [2.45, 2.75) is 44.2 Å². The Bertz CT molecular complexity index is 964. The maximum atomic E-state index is 5.91. The van der Waals surface area contributed by atoms with Gasteiger partial charge in [0.05, 0.1) is 18.4 Å². The minimum atomic E-state index is 0.219. The maximum absolute atomic E-state index is 5.91. The molecule has 0 fully saturated rings. The summed E-state index contributed by atoms with van der Waals surface area (Å²) in [6.07, 6.45) is 2.82. The summed E-state index contributed by atoms with van der Waals surface area (Å²) in [5.74, 6) is 4.27. The molecule has 1 aromatic carbocycles. The van der Waals surface area contributed by atoms with E-state index in [0.717, 1.165) is 51.5 Å². The molecule has 0 unspecified atom stereocenters. The Balaban J connectivity index is 1.57. The molecular formula is C20H23N3O3S. The monoisotopic (exact) mass is 385 g/mol. The highest BCUT2D eigenvalue weighted by molar-refractivity contribution is 7.98. The zero-order valence-corrected chi connectivity index (χ0v) is 16.8.